The number of benzene rings is 3. The highest BCUT2D eigenvalue weighted by atomic mass is 16.6. The van der Waals surface area contributed by atoms with E-state index in [1.165, 1.54) is 6.26 Å². The summed E-state index contributed by atoms with van der Waals surface area (Å²) in [6, 6.07) is 22.2. The minimum atomic E-state index is -0.467. The molecule has 6 nitrogen and oxygen atoms in total. The molecular formula is C25H20O6. The second-order valence-corrected chi connectivity index (χ2v) is 6.67. The predicted octanol–water partition coefficient (Wildman–Crippen LogP) is 5.19. The third kappa shape index (κ3) is 4.75. The van der Waals surface area contributed by atoms with Gasteiger partial charge < -0.3 is 18.6 Å². The molecule has 0 N–H and O–H groups in total. The number of carbonyl (C=O) groups is 1. The molecule has 0 saturated heterocycles. The minimum absolute atomic E-state index is 0.0835. The lowest BCUT2D eigenvalue weighted by Crippen LogP contribution is -2.14. The number of carbonyl (C=O) groups excluding carboxylic acids is 1. The zero-order chi connectivity index (χ0) is 21.6. The van der Waals surface area contributed by atoms with Gasteiger partial charge in [0.25, 0.3) is 0 Å². The Morgan fingerprint density at radius 3 is 2.35 bits per heavy atom. The van der Waals surface area contributed by atoms with Crippen molar-refractivity contribution in [2.45, 2.75) is 6.92 Å². The molecule has 1 heterocycles. The summed E-state index contributed by atoms with van der Waals surface area (Å²) < 4.78 is 21.5. The van der Waals surface area contributed by atoms with Gasteiger partial charge in [0, 0.05) is 6.07 Å². The predicted molar refractivity (Wildman–Crippen MR) is 117 cm³/mol. The van der Waals surface area contributed by atoms with Crippen molar-refractivity contribution in [2.75, 3.05) is 13.2 Å². The van der Waals surface area contributed by atoms with Gasteiger partial charge in [-0.15, -0.1) is 0 Å². The number of esters is 1. The summed E-state index contributed by atoms with van der Waals surface area (Å²) in [6.45, 7) is 1.79. The number of fused-ring (bicyclic) bond motifs is 1. The lowest BCUT2D eigenvalue weighted by Gasteiger charge is -2.08. The topological polar surface area (TPSA) is 75.0 Å². The molecule has 4 aromatic rings. The molecule has 156 valence electrons. The van der Waals surface area contributed by atoms with E-state index in [2.05, 4.69) is 0 Å². The van der Waals surface area contributed by atoms with Gasteiger partial charge in [-0.25, -0.2) is 4.79 Å². The molecule has 0 spiro atoms. The van der Waals surface area contributed by atoms with Crippen LogP contribution >= 0.6 is 0 Å². The highest BCUT2D eigenvalue weighted by Gasteiger charge is 2.11. The van der Waals surface area contributed by atoms with Gasteiger partial charge in [0.15, 0.2) is 6.61 Å². The first-order chi connectivity index (χ1) is 15.1. The second-order valence-electron chi connectivity index (χ2n) is 6.67. The summed E-state index contributed by atoms with van der Waals surface area (Å²) in [5.74, 6) is 0.542. The molecule has 0 aliphatic heterocycles. The van der Waals surface area contributed by atoms with Crippen LogP contribution in [0.2, 0.25) is 0 Å². The number of rotatable bonds is 7. The Labute approximate surface area is 178 Å². The highest BCUT2D eigenvalue weighted by molar-refractivity contribution is 5.79. The van der Waals surface area contributed by atoms with Gasteiger partial charge >= 0.3 is 5.97 Å². The molecule has 0 atom stereocenters. The van der Waals surface area contributed by atoms with Crippen molar-refractivity contribution < 1.29 is 23.4 Å². The third-order valence-electron chi connectivity index (χ3n) is 4.57. The van der Waals surface area contributed by atoms with E-state index in [0.29, 0.717) is 22.5 Å². The SMILES string of the molecule is CCOC(=O)COc1ccc2c(=O)c(Oc3ccc(-c4ccccc4)cc3)coc2c1. The molecule has 0 aliphatic rings. The van der Waals surface area contributed by atoms with Crippen LogP contribution in [0.25, 0.3) is 22.1 Å². The van der Waals surface area contributed by atoms with Gasteiger partial charge in [-0.2, -0.15) is 0 Å². The summed E-state index contributed by atoms with van der Waals surface area (Å²) in [7, 11) is 0. The molecule has 0 fully saturated rings. The molecule has 0 saturated carbocycles. The van der Waals surface area contributed by atoms with E-state index < -0.39 is 5.97 Å². The van der Waals surface area contributed by atoms with Crippen molar-refractivity contribution in [1.82, 2.24) is 0 Å². The van der Waals surface area contributed by atoms with Crippen LogP contribution in [0, 0.1) is 0 Å². The number of hydrogen-bond acceptors (Lipinski definition) is 6. The van der Waals surface area contributed by atoms with E-state index in [9.17, 15) is 9.59 Å². The maximum absolute atomic E-state index is 12.8. The summed E-state index contributed by atoms with van der Waals surface area (Å²) >= 11 is 0. The fourth-order valence-electron chi connectivity index (χ4n) is 3.07. The van der Waals surface area contributed by atoms with Gasteiger partial charge in [0.2, 0.25) is 11.2 Å². The Morgan fingerprint density at radius 1 is 0.903 bits per heavy atom. The monoisotopic (exact) mass is 416 g/mol. The molecular weight excluding hydrogens is 396 g/mol. The van der Waals surface area contributed by atoms with E-state index in [4.69, 9.17) is 18.6 Å². The van der Waals surface area contributed by atoms with Gasteiger partial charge in [0.05, 0.1) is 12.0 Å². The molecule has 0 radical (unpaired) electrons. The number of ether oxygens (including phenoxy) is 3. The standard InChI is InChI=1S/C25H20O6/c1-2-28-24(26)16-29-20-12-13-21-22(14-20)30-15-23(25(21)27)31-19-10-8-18(9-11-19)17-6-4-3-5-7-17/h3-15H,2,16H2,1H3. The highest BCUT2D eigenvalue weighted by Crippen LogP contribution is 2.26. The summed E-state index contributed by atoms with van der Waals surface area (Å²) in [6.07, 6.45) is 1.27. The van der Waals surface area contributed by atoms with E-state index in [1.807, 2.05) is 42.5 Å². The van der Waals surface area contributed by atoms with Crippen LogP contribution in [0.3, 0.4) is 0 Å². The quantitative estimate of drug-likeness (QED) is 0.386. The van der Waals surface area contributed by atoms with Gasteiger partial charge in [0.1, 0.15) is 23.3 Å². The number of hydrogen-bond donors (Lipinski definition) is 0. The Hall–Kier alpha value is -4.06. The van der Waals surface area contributed by atoms with Crippen LogP contribution < -0.4 is 14.9 Å². The first-order valence-corrected chi connectivity index (χ1v) is 9.81. The molecule has 3 aromatic carbocycles. The average Bonchev–Trinajstić information content (AvgIpc) is 2.81. The van der Waals surface area contributed by atoms with Crippen molar-refractivity contribution in [3.63, 3.8) is 0 Å². The van der Waals surface area contributed by atoms with E-state index >= 15 is 0 Å². The normalized spacial score (nSPS) is 10.6. The fraction of sp³-hybridized carbons (Fsp3) is 0.120. The zero-order valence-corrected chi connectivity index (χ0v) is 16.9. The molecule has 1 aromatic heterocycles. The van der Waals surface area contributed by atoms with Gasteiger partial charge in [-0.05, 0) is 42.3 Å². The van der Waals surface area contributed by atoms with Crippen molar-refractivity contribution in [3.8, 4) is 28.4 Å². The molecule has 0 amide bonds. The largest absolute Gasteiger partial charge is 0.482 e. The lowest BCUT2D eigenvalue weighted by atomic mass is 10.1. The summed E-state index contributed by atoms with van der Waals surface area (Å²) in [4.78, 5) is 24.2. The molecule has 31 heavy (non-hydrogen) atoms. The van der Waals surface area contributed by atoms with Gasteiger partial charge in [-0.3, -0.25) is 4.79 Å². The maximum atomic E-state index is 12.8. The van der Waals surface area contributed by atoms with Crippen molar-refractivity contribution in [2.24, 2.45) is 0 Å². The first-order valence-electron chi connectivity index (χ1n) is 9.81. The third-order valence-corrected chi connectivity index (χ3v) is 4.57. The fourth-order valence-corrected chi connectivity index (χ4v) is 3.07. The average molecular weight is 416 g/mol. The van der Waals surface area contributed by atoms with Crippen LogP contribution in [0.4, 0.5) is 0 Å². The van der Waals surface area contributed by atoms with E-state index in [-0.39, 0.29) is 24.4 Å². The minimum Gasteiger partial charge on any atom is -0.482 e. The summed E-state index contributed by atoms with van der Waals surface area (Å²) in [5, 5.41) is 0.349. The van der Waals surface area contributed by atoms with Crippen LogP contribution in [0.5, 0.6) is 17.2 Å². The molecule has 4 rings (SSSR count). The lowest BCUT2D eigenvalue weighted by molar-refractivity contribution is -0.145. The zero-order valence-electron chi connectivity index (χ0n) is 16.9. The maximum Gasteiger partial charge on any atom is 0.344 e. The van der Waals surface area contributed by atoms with Crippen molar-refractivity contribution in [1.29, 1.82) is 0 Å². The van der Waals surface area contributed by atoms with Crippen LogP contribution in [0.15, 0.2) is 88.3 Å². The van der Waals surface area contributed by atoms with Gasteiger partial charge in [-0.1, -0.05) is 42.5 Å². The van der Waals surface area contributed by atoms with E-state index in [1.54, 1.807) is 37.3 Å². The Balaban J connectivity index is 1.51. The molecule has 0 unspecified atom stereocenters. The summed E-state index contributed by atoms with van der Waals surface area (Å²) in [5.41, 5.74) is 2.18. The Bertz CT molecular complexity index is 1240. The van der Waals surface area contributed by atoms with Crippen LogP contribution in [-0.2, 0) is 9.53 Å². The van der Waals surface area contributed by atoms with Crippen LogP contribution in [0.1, 0.15) is 6.92 Å². The Kier molecular flexibility index (Phi) is 5.98. The molecule has 0 bridgehead atoms. The van der Waals surface area contributed by atoms with Crippen molar-refractivity contribution >= 4 is 16.9 Å². The first kappa shape index (κ1) is 20.2. The van der Waals surface area contributed by atoms with Crippen LogP contribution in [-0.4, -0.2) is 19.2 Å². The molecule has 6 heteroatoms. The molecule has 0 aliphatic carbocycles. The second kappa shape index (κ2) is 9.17. The van der Waals surface area contributed by atoms with E-state index in [0.717, 1.165) is 11.1 Å². The smallest absolute Gasteiger partial charge is 0.344 e. The Morgan fingerprint density at radius 2 is 1.61 bits per heavy atom. The van der Waals surface area contributed by atoms with Crippen molar-refractivity contribution in [3.05, 3.63) is 89.3 Å².